The zero-order chi connectivity index (χ0) is 16.2. The van der Waals surface area contributed by atoms with Gasteiger partial charge in [0.15, 0.2) is 0 Å². The fourth-order valence-corrected chi connectivity index (χ4v) is 3.54. The molecule has 3 aromatic rings. The Hall–Kier alpha value is -2.39. The summed E-state index contributed by atoms with van der Waals surface area (Å²) in [4.78, 5) is 0. The van der Waals surface area contributed by atoms with Crippen LogP contribution in [0.5, 0.6) is 0 Å². The van der Waals surface area contributed by atoms with E-state index < -0.39 is 0 Å². The minimum atomic E-state index is 0.707. The van der Waals surface area contributed by atoms with Crippen LogP contribution < -0.4 is 5.32 Å². The molecular weight excluding hydrogens is 294 g/mol. The lowest BCUT2D eigenvalue weighted by atomic mass is 9.97. The molecule has 1 aliphatic heterocycles. The lowest BCUT2D eigenvalue weighted by Crippen LogP contribution is -2.14. The summed E-state index contributed by atoms with van der Waals surface area (Å²) in [6.45, 7) is 2.25. The van der Waals surface area contributed by atoms with Crippen molar-refractivity contribution in [2.45, 2.75) is 19.3 Å². The first kappa shape index (κ1) is 15.2. The highest BCUT2D eigenvalue weighted by atomic mass is 15.3. The standard InChI is InChI=1S/C21H23N3/c1-3-7-17(8-4-1)13-19-16-23-24(20-9-5-2-6-10-20)21(19)14-18-11-12-22-15-18/h1-10,16,18,22H,11-15H2. The summed E-state index contributed by atoms with van der Waals surface area (Å²) in [6.07, 6.45) is 5.34. The van der Waals surface area contributed by atoms with E-state index in [1.807, 2.05) is 0 Å². The van der Waals surface area contributed by atoms with E-state index in [9.17, 15) is 0 Å². The van der Waals surface area contributed by atoms with Gasteiger partial charge >= 0.3 is 0 Å². The van der Waals surface area contributed by atoms with Crippen molar-refractivity contribution in [3.8, 4) is 5.69 Å². The van der Waals surface area contributed by atoms with Crippen LogP contribution in [0.1, 0.15) is 23.2 Å². The minimum absolute atomic E-state index is 0.707. The summed E-state index contributed by atoms with van der Waals surface area (Å²) in [5.74, 6) is 0.707. The van der Waals surface area contributed by atoms with Gasteiger partial charge in [0, 0.05) is 12.1 Å². The van der Waals surface area contributed by atoms with E-state index in [0.29, 0.717) is 5.92 Å². The minimum Gasteiger partial charge on any atom is -0.316 e. The Balaban J connectivity index is 1.68. The maximum absolute atomic E-state index is 4.72. The Morgan fingerprint density at radius 3 is 2.46 bits per heavy atom. The van der Waals surface area contributed by atoms with Crippen molar-refractivity contribution < 1.29 is 0 Å². The predicted molar refractivity (Wildman–Crippen MR) is 97.5 cm³/mol. The van der Waals surface area contributed by atoms with E-state index in [-0.39, 0.29) is 0 Å². The molecule has 122 valence electrons. The highest BCUT2D eigenvalue weighted by Gasteiger charge is 2.20. The summed E-state index contributed by atoms with van der Waals surface area (Å²) in [6, 6.07) is 21.2. The molecule has 0 amide bonds. The summed E-state index contributed by atoms with van der Waals surface area (Å²) in [5.41, 5.74) is 5.20. The van der Waals surface area contributed by atoms with Gasteiger partial charge in [0.1, 0.15) is 0 Å². The second-order valence-corrected chi connectivity index (χ2v) is 6.59. The van der Waals surface area contributed by atoms with Crippen LogP contribution >= 0.6 is 0 Å². The van der Waals surface area contributed by atoms with Crippen LogP contribution in [0.25, 0.3) is 5.69 Å². The highest BCUT2D eigenvalue weighted by molar-refractivity contribution is 5.37. The van der Waals surface area contributed by atoms with Gasteiger partial charge in [-0.2, -0.15) is 5.10 Å². The number of rotatable bonds is 5. The Kier molecular flexibility index (Phi) is 4.43. The van der Waals surface area contributed by atoms with Crippen LogP contribution in [0.4, 0.5) is 0 Å². The molecule has 1 fully saturated rings. The van der Waals surface area contributed by atoms with Crippen molar-refractivity contribution in [1.82, 2.24) is 15.1 Å². The van der Waals surface area contributed by atoms with Crippen molar-refractivity contribution in [2.75, 3.05) is 13.1 Å². The van der Waals surface area contributed by atoms with E-state index in [2.05, 4.69) is 76.9 Å². The molecule has 2 aromatic carbocycles. The van der Waals surface area contributed by atoms with Gasteiger partial charge in [-0.3, -0.25) is 0 Å². The normalized spacial score (nSPS) is 17.2. The lowest BCUT2D eigenvalue weighted by Gasteiger charge is -2.14. The molecule has 0 radical (unpaired) electrons. The Morgan fingerprint density at radius 1 is 1.00 bits per heavy atom. The van der Waals surface area contributed by atoms with E-state index in [4.69, 9.17) is 5.10 Å². The predicted octanol–water partition coefficient (Wildman–Crippen LogP) is 3.62. The van der Waals surface area contributed by atoms with Crippen molar-refractivity contribution in [2.24, 2.45) is 5.92 Å². The van der Waals surface area contributed by atoms with Gasteiger partial charge in [-0.25, -0.2) is 4.68 Å². The summed E-state index contributed by atoms with van der Waals surface area (Å²) < 4.78 is 2.14. The van der Waals surface area contributed by atoms with Crippen LogP contribution in [0.2, 0.25) is 0 Å². The molecule has 1 atom stereocenters. The molecule has 3 heteroatoms. The molecule has 1 saturated heterocycles. The second kappa shape index (κ2) is 7.02. The summed E-state index contributed by atoms with van der Waals surface area (Å²) in [5, 5.41) is 8.20. The molecule has 0 saturated carbocycles. The largest absolute Gasteiger partial charge is 0.316 e. The average molecular weight is 317 g/mol. The number of nitrogens with zero attached hydrogens (tertiary/aromatic N) is 2. The third kappa shape index (κ3) is 3.26. The number of aromatic nitrogens is 2. The summed E-state index contributed by atoms with van der Waals surface area (Å²) >= 11 is 0. The SMILES string of the molecule is c1ccc(Cc2cnn(-c3ccccc3)c2CC2CCNC2)cc1. The van der Waals surface area contributed by atoms with E-state index in [0.717, 1.165) is 31.6 Å². The third-order valence-corrected chi connectivity index (χ3v) is 4.84. The van der Waals surface area contributed by atoms with Gasteiger partial charge in [-0.1, -0.05) is 48.5 Å². The lowest BCUT2D eigenvalue weighted by molar-refractivity contribution is 0.558. The molecule has 1 N–H and O–H groups in total. The maximum atomic E-state index is 4.72. The molecule has 1 unspecified atom stereocenters. The molecule has 3 nitrogen and oxygen atoms in total. The molecule has 0 bridgehead atoms. The molecule has 0 spiro atoms. The van der Waals surface area contributed by atoms with Gasteiger partial charge in [-0.05, 0) is 55.1 Å². The number of hydrogen-bond acceptors (Lipinski definition) is 2. The fraction of sp³-hybridized carbons (Fsp3) is 0.286. The maximum Gasteiger partial charge on any atom is 0.0648 e. The smallest absolute Gasteiger partial charge is 0.0648 e. The van der Waals surface area contributed by atoms with Crippen molar-refractivity contribution in [1.29, 1.82) is 0 Å². The second-order valence-electron chi connectivity index (χ2n) is 6.59. The summed E-state index contributed by atoms with van der Waals surface area (Å²) in [7, 11) is 0. The van der Waals surface area contributed by atoms with Crippen LogP contribution in [-0.2, 0) is 12.8 Å². The third-order valence-electron chi connectivity index (χ3n) is 4.84. The molecule has 2 heterocycles. The molecular formula is C21H23N3. The first-order valence-electron chi connectivity index (χ1n) is 8.76. The number of benzene rings is 2. The van der Waals surface area contributed by atoms with E-state index >= 15 is 0 Å². The van der Waals surface area contributed by atoms with Crippen LogP contribution in [0.3, 0.4) is 0 Å². The van der Waals surface area contributed by atoms with Crippen molar-refractivity contribution in [3.63, 3.8) is 0 Å². The molecule has 4 rings (SSSR count). The first-order valence-corrected chi connectivity index (χ1v) is 8.76. The molecule has 24 heavy (non-hydrogen) atoms. The van der Waals surface area contributed by atoms with Gasteiger partial charge in [-0.15, -0.1) is 0 Å². The van der Waals surface area contributed by atoms with Crippen LogP contribution in [-0.4, -0.2) is 22.9 Å². The van der Waals surface area contributed by atoms with E-state index in [1.54, 1.807) is 0 Å². The monoisotopic (exact) mass is 317 g/mol. The zero-order valence-electron chi connectivity index (χ0n) is 13.9. The van der Waals surface area contributed by atoms with Crippen molar-refractivity contribution in [3.05, 3.63) is 83.7 Å². The van der Waals surface area contributed by atoms with Crippen LogP contribution in [0.15, 0.2) is 66.9 Å². The first-order chi connectivity index (χ1) is 11.9. The highest BCUT2D eigenvalue weighted by Crippen LogP contribution is 2.23. The molecule has 1 aliphatic rings. The molecule has 0 aliphatic carbocycles. The number of para-hydroxylation sites is 1. The van der Waals surface area contributed by atoms with Gasteiger partial charge in [0.05, 0.1) is 11.9 Å². The fourth-order valence-electron chi connectivity index (χ4n) is 3.54. The zero-order valence-corrected chi connectivity index (χ0v) is 13.9. The van der Waals surface area contributed by atoms with Gasteiger partial charge in [0.2, 0.25) is 0 Å². The Morgan fingerprint density at radius 2 is 1.75 bits per heavy atom. The van der Waals surface area contributed by atoms with E-state index in [1.165, 1.54) is 23.2 Å². The Labute approximate surface area is 143 Å². The number of hydrogen-bond donors (Lipinski definition) is 1. The number of nitrogens with one attached hydrogen (secondary N) is 1. The molecule has 1 aromatic heterocycles. The average Bonchev–Trinajstić information content (AvgIpc) is 3.28. The Bertz CT molecular complexity index is 771. The van der Waals surface area contributed by atoms with Crippen LogP contribution in [0, 0.1) is 5.92 Å². The van der Waals surface area contributed by atoms with Gasteiger partial charge < -0.3 is 5.32 Å². The topological polar surface area (TPSA) is 29.9 Å². The quantitative estimate of drug-likeness (QED) is 0.779. The van der Waals surface area contributed by atoms with Crippen molar-refractivity contribution >= 4 is 0 Å². The van der Waals surface area contributed by atoms with Gasteiger partial charge in [0.25, 0.3) is 0 Å².